The molecule has 0 spiro atoms. The predicted octanol–water partition coefficient (Wildman–Crippen LogP) is 4.42. The summed E-state index contributed by atoms with van der Waals surface area (Å²) in [5, 5.41) is 0. The first-order valence-electron chi connectivity index (χ1n) is 11.1. The van der Waals surface area contributed by atoms with Crippen LogP contribution in [0.4, 0.5) is 0 Å². The van der Waals surface area contributed by atoms with Gasteiger partial charge in [-0.05, 0) is 55.1 Å². The number of esters is 1. The third-order valence-corrected chi connectivity index (χ3v) is 5.55. The summed E-state index contributed by atoms with van der Waals surface area (Å²) in [6.45, 7) is 6.05. The minimum atomic E-state index is -0.0677. The van der Waals surface area contributed by atoms with Gasteiger partial charge in [0.15, 0.2) is 0 Å². The molecule has 5 nitrogen and oxygen atoms in total. The summed E-state index contributed by atoms with van der Waals surface area (Å²) in [5.41, 5.74) is 3.37. The standard InChI is InChI=1S/C26H33NO4/c1-3-31-26(28)23-12-8-15-27(20-23)16-18-30-17-14-25(21-9-5-4-6-10-21)22-11-7-13-24(19-22)29-2/h4-7,9-11,13-14,19,23H,3,8,12,15-18,20H2,1-2H3. The Kier molecular flexibility index (Phi) is 9.13. The Morgan fingerprint density at radius 1 is 1.13 bits per heavy atom. The Bertz CT molecular complexity index is 849. The quantitative estimate of drug-likeness (QED) is 0.418. The van der Waals surface area contributed by atoms with E-state index in [1.165, 1.54) is 0 Å². The number of ether oxygens (including phenoxy) is 3. The van der Waals surface area contributed by atoms with Crippen LogP contribution in [0.25, 0.3) is 5.57 Å². The molecule has 2 aromatic rings. The number of likely N-dealkylation sites (tertiary alicyclic amines) is 1. The minimum absolute atomic E-state index is 0.00802. The summed E-state index contributed by atoms with van der Waals surface area (Å²) in [6, 6.07) is 18.4. The Labute approximate surface area is 185 Å². The van der Waals surface area contributed by atoms with Crippen molar-refractivity contribution in [1.82, 2.24) is 4.90 Å². The number of methoxy groups -OCH3 is 1. The Morgan fingerprint density at radius 2 is 1.94 bits per heavy atom. The lowest BCUT2D eigenvalue weighted by Crippen LogP contribution is -2.40. The lowest BCUT2D eigenvalue weighted by Gasteiger charge is -2.31. The monoisotopic (exact) mass is 423 g/mol. The van der Waals surface area contributed by atoms with E-state index in [-0.39, 0.29) is 11.9 Å². The number of carbonyl (C=O) groups excluding carboxylic acids is 1. The van der Waals surface area contributed by atoms with Crippen molar-refractivity contribution in [3.05, 3.63) is 71.8 Å². The van der Waals surface area contributed by atoms with Crippen molar-refractivity contribution in [3.63, 3.8) is 0 Å². The van der Waals surface area contributed by atoms with Crippen LogP contribution in [0.2, 0.25) is 0 Å². The molecule has 0 aliphatic carbocycles. The fraction of sp³-hybridized carbons (Fsp3) is 0.423. The molecule has 1 fully saturated rings. The van der Waals surface area contributed by atoms with Crippen molar-refractivity contribution in [2.75, 3.05) is 46.6 Å². The molecule has 1 atom stereocenters. The van der Waals surface area contributed by atoms with Gasteiger partial charge in [-0.25, -0.2) is 0 Å². The normalized spacial score (nSPS) is 17.4. The zero-order valence-corrected chi connectivity index (χ0v) is 18.6. The largest absolute Gasteiger partial charge is 0.497 e. The molecule has 0 aromatic heterocycles. The topological polar surface area (TPSA) is 48.0 Å². The Hall–Kier alpha value is -2.63. The van der Waals surface area contributed by atoms with E-state index >= 15 is 0 Å². The van der Waals surface area contributed by atoms with Gasteiger partial charge in [-0.2, -0.15) is 0 Å². The van der Waals surface area contributed by atoms with E-state index in [2.05, 4.69) is 29.2 Å². The van der Waals surface area contributed by atoms with Gasteiger partial charge in [0.25, 0.3) is 0 Å². The highest BCUT2D eigenvalue weighted by Crippen LogP contribution is 2.26. The highest BCUT2D eigenvalue weighted by atomic mass is 16.5. The van der Waals surface area contributed by atoms with Gasteiger partial charge < -0.3 is 19.1 Å². The van der Waals surface area contributed by atoms with Crippen molar-refractivity contribution in [1.29, 1.82) is 0 Å². The maximum atomic E-state index is 12.0. The number of benzene rings is 2. The second kappa shape index (κ2) is 12.3. The minimum Gasteiger partial charge on any atom is -0.497 e. The van der Waals surface area contributed by atoms with Crippen molar-refractivity contribution in [3.8, 4) is 5.75 Å². The number of piperidine rings is 1. The lowest BCUT2D eigenvalue weighted by molar-refractivity contribution is -0.150. The molecule has 166 valence electrons. The first-order chi connectivity index (χ1) is 15.2. The average Bonchev–Trinajstić information content (AvgIpc) is 2.82. The van der Waals surface area contributed by atoms with Gasteiger partial charge in [0.1, 0.15) is 5.75 Å². The van der Waals surface area contributed by atoms with E-state index < -0.39 is 0 Å². The van der Waals surface area contributed by atoms with Gasteiger partial charge in [-0.15, -0.1) is 0 Å². The molecule has 1 aliphatic heterocycles. The van der Waals surface area contributed by atoms with Crippen LogP contribution in [0.5, 0.6) is 5.75 Å². The van der Waals surface area contributed by atoms with Crippen molar-refractivity contribution >= 4 is 11.5 Å². The number of rotatable bonds is 10. The summed E-state index contributed by atoms with van der Waals surface area (Å²) in [6.07, 6.45) is 4.07. The van der Waals surface area contributed by atoms with E-state index in [9.17, 15) is 4.79 Å². The van der Waals surface area contributed by atoms with Crippen LogP contribution in [0, 0.1) is 5.92 Å². The van der Waals surface area contributed by atoms with Gasteiger partial charge in [0.2, 0.25) is 0 Å². The molecule has 3 rings (SSSR count). The zero-order chi connectivity index (χ0) is 21.9. The van der Waals surface area contributed by atoms with Crippen LogP contribution in [0.3, 0.4) is 0 Å². The fourth-order valence-corrected chi connectivity index (χ4v) is 3.94. The van der Waals surface area contributed by atoms with Gasteiger partial charge in [-0.3, -0.25) is 4.79 Å². The molecule has 31 heavy (non-hydrogen) atoms. The lowest BCUT2D eigenvalue weighted by atomic mass is 9.97. The number of carbonyl (C=O) groups is 1. The first kappa shape index (κ1) is 23.0. The van der Waals surface area contributed by atoms with Crippen LogP contribution in [0.15, 0.2) is 60.7 Å². The molecule has 1 heterocycles. The maximum Gasteiger partial charge on any atom is 0.310 e. The molecule has 0 saturated carbocycles. The zero-order valence-electron chi connectivity index (χ0n) is 18.6. The summed E-state index contributed by atoms with van der Waals surface area (Å²) in [4.78, 5) is 14.3. The molecule has 1 aliphatic rings. The van der Waals surface area contributed by atoms with Crippen LogP contribution < -0.4 is 4.74 Å². The summed E-state index contributed by atoms with van der Waals surface area (Å²) in [5.74, 6) is 0.759. The maximum absolute atomic E-state index is 12.0. The molecule has 2 aromatic carbocycles. The number of hydrogen-bond acceptors (Lipinski definition) is 5. The third-order valence-electron chi connectivity index (χ3n) is 5.55. The SMILES string of the molecule is CCOC(=O)C1CCCN(CCOCC=C(c2ccccc2)c2cccc(OC)c2)C1. The average molecular weight is 424 g/mol. The van der Waals surface area contributed by atoms with Crippen LogP contribution in [-0.2, 0) is 14.3 Å². The van der Waals surface area contributed by atoms with Crippen molar-refractivity contribution in [2.45, 2.75) is 19.8 Å². The van der Waals surface area contributed by atoms with Crippen molar-refractivity contribution in [2.24, 2.45) is 5.92 Å². The van der Waals surface area contributed by atoms with Gasteiger partial charge in [-0.1, -0.05) is 48.5 Å². The predicted molar refractivity (Wildman–Crippen MR) is 123 cm³/mol. The van der Waals surface area contributed by atoms with Gasteiger partial charge in [0.05, 0.1) is 32.8 Å². The number of nitrogens with zero attached hydrogens (tertiary/aromatic N) is 1. The summed E-state index contributed by atoms with van der Waals surface area (Å²) in [7, 11) is 1.68. The van der Waals surface area contributed by atoms with Crippen LogP contribution >= 0.6 is 0 Å². The molecular formula is C26H33NO4. The third kappa shape index (κ3) is 6.94. The smallest absolute Gasteiger partial charge is 0.310 e. The van der Waals surface area contributed by atoms with E-state index in [1.807, 2.05) is 43.3 Å². The fourth-order valence-electron chi connectivity index (χ4n) is 3.94. The highest BCUT2D eigenvalue weighted by Gasteiger charge is 2.26. The first-order valence-corrected chi connectivity index (χ1v) is 11.1. The molecule has 1 unspecified atom stereocenters. The Morgan fingerprint density at radius 3 is 2.71 bits per heavy atom. The molecular weight excluding hydrogens is 390 g/mol. The van der Waals surface area contributed by atoms with Gasteiger partial charge in [0, 0.05) is 13.1 Å². The van der Waals surface area contributed by atoms with E-state index in [0.29, 0.717) is 19.8 Å². The molecule has 5 heteroatoms. The molecule has 0 bridgehead atoms. The second-order valence-corrected chi connectivity index (χ2v) is 7.68. The Balaban J connectivity index is 1.56. The van der Waals surface area contributed by atoms with Gasteiger partial charge >= 0.3 is 5.97 Å². The van der Waals surface area contributed by atoms with E-state index in [0.717, 1.165) is 54.9 Å². The number of hydrogen-bond donors (Lipinski definition) is 0. The summed E-state index contributed by atoms with van der Waals surface area (Å²) < 4.78 is 16.5. The van der Waals surface area contributed by atoms with Crippen LogP contribution in [0.1, 0.15) is 30.9 Å². The van der Waals surface area contributed by atoms with Crippen molar-refractivity contribution < 1.29 is 19.0 Å². The molecule has 0 amide bonds. The molecule has 1 saturated heterocycles. The second-order valence-electron chi connectivity index (χ2n) is 7.68. The highest BCUT2D eigenvalue weighted by molar-refractivity contribution is 5.80. The summed E-state index contributed by atoms with van der Waals surface area (Å²) >= 11 is 0. The molecule has 0 N–H and O–H groups in total. The van der Waals surface area contributed by atoms with E-state index in [4.69, 9.17) is 14.2 Å². The molecule has 0 radical (unpaired) electrons. The van der Waals surface area contributed by atoms with Crippen LogP contribution in [-0.4, -0.2) is 57.4 Å². The van der Waals surface area contributed by atoms with E-state index in [1.54, 1.807) is 7.11 Å².